The molecule has 2 aliphatic heterocycles. The lowest BCUT2D eigenvalue weighted by Crippen LogP contribution is -2.02. The van der Waals surface area contributed by atoms with Crippen LogP contribution in [0.1, 0.15) is 68.2 Å². The molecule has 0 aromatic heterocycles. The molecule has 2 heteroatoms. The average molecular weight is 278 g/mol. The van der Waals surface area contributed by atoms with E-state index in [1.165, 1.54) is 11.3 Å². The molecule has 2 heterocycles. The van der Waals surface area contributed by atoms with Gasteiger partial charge in [0.15, 0.2) is 0 Å². The summed E-state index contributed by atoms with van der Waals surface area (Å²) in [5.41, 5.74) is 2.76. The maximum absolute atomic E-state index is 4.17. The van der Waals surface area contributed by atoms with E-state index in [0.29, 0.717) is 11.8 Å². The summed E-state index contributed by atoms with van der Waals surface area (Å²) in [5, 5.41) is 0. The first-order valence-corrected chi connectivity index (χ1v) is 8.03. The molecule has 0 unspecified atom stereocenters. The van der Waals surface area contributed by atoms with Gasteiger partial charge in [-0.3, -0.25) is 9.98 Å². The molecule has 0 saturated carbocycles. The van der Waals surface area contributed by atoms with Gasteiger partial charge in [-0.2, -0.15) is 0 Å². The molecule has 20 heavy (non-hydrogen) atoms. The van der Waals surface area contributed by atoms with Crippen molar-refractivity contribution in [1.29, 1.82) is 0 Å². The molecule has 2 rings (SSSR count). The molecular weight excluding hydrogens is 244 g/mol. The molecule has 0 aromatic rings. The molecule has 0 saturated heterocycles. The maximum atomic E-state index is 4.17. The molecule has 0 spiro atoms. The van der Waals surface area contributed by atoms with Crippen molar-refractivity contribution in [2.75, 3.05) is 0 Å². The highest BCUT2D eigenvalue weighted by Gasteiger charge is 2.04. The second-order valence-corrected chi connectivity index (χ2v) is 4.76. The Morgan fingerprint density at radius 2 is 1.50 bits per heavy atom. The van der Waals surface area contributed by atoms with E-state index < -0.39 is 0 Å². The zero-order chi connectivity index (χ0) is 16.0. The van der Waals surface area contributed by atoms with Crippen molar-refractivity contribution in [3.63, 3.8) is 0 Å². The molecule has 0 atom stereocenters. The molecule has 0 aliphatic carbocycles. The molecule has 0 amide bonds. The third-order valence-corrected chi connectivity index (χ3v) is 2.75. The topological polar surface area (TPSA) is 24.7 Å². The van der Waals surface area contributed by atoms with E-state index in [9.17, 15) is 0 Å². The molecule has 116 valence electrons. The first kappa shape index (κ1) is 21.1. The monoisotopic (exact) mass is 278 g/mol. The molecule has 0 N–H and O–H groups in total. The van der Waals surface area contributed by atoms with Crippen molar-refractivity contribution in [2.24, 2.45) is 21.8 Å². The Labute approximate surface area is 126 Å². The predicted molar refractivity (Wildman–Crippen MR) is 94.8 cm³/mol. The fraction of sp³-hybridized carbons (Fsp3) is 0.667. The van der Waals surface area contributed by atoms with Crippen LogP contribution in [-0.4, -0.2) is 11.9 Å². The Bertz CT molecular complexity index is 297. The summed E-state index contributed by atoms with van der Waals surface area (Å²) in [6.07, 6.45) is 10.0. The fourth-order valence-corrected chi connectivity index (χ4v) is 1.50. The molecule has 0 fully saturated rings. The lowest BCUT2D eigenvalue weighted by Gasteiger charge is -2.01. The first-order valence-electron chi connectivity index (χ1n) is 8.03. The van der Waals surface area contributed by atoms with E-state index in [1.54, 1.807) is 0 Å². The van der Waals surface area contributed by atoms with Gasteiger partial charge in [0.2, 0.25) is 0 Å². The summed E-state index contributed by atoms with van der Waals surface area (Å²) in [4.78, 5) is 8.17. The van der Waals surface area contributed by atoms with Crippen LogP contribution in [0.25, 0.3) is 0 Å². The van der Waals surface area contributed by atoms with Gasteiger partial charge >= 0.3 is 0 Å². The Kier molecular flexibility index (Phi) is 15.0. The lowest BCUT2D eigenvalue weighted by molar-refractivity contribution is 0.759. The predicted octanol–water partition coefficient (Wildman–Crippen LogP) is 6.05. The van der Waals surface area contributed by atoms with Crippen molar-refractivity contribution in [3.8, 4) is 0 Å². The third kappa shape index (κ3) is 9.71. The van der Waals surface area contributed by atoms with Crippen LogP contribution >= 0.6 is 0 Å². The van der Waals surface area contributed by atoms with E-state index in [0.717, 1.165) is 12.8 Å². The second-order valence-electron chi connectivity index (χ2n) is 4.76. The van der Waals surface area contributed by atoms with Crippen LogP contribution in [-0.2, 0) is 0 Å². The van der Waals surface area contributed by atoms with Gasteiger partial charge in [-0.25, -0.2) is 0 Å². The molecule has 0 bridgehead atoms. The van der Waals surface area contributed by atoms with E-state index in [4.69, 9.17) is 0 Å². The number of allylic oxidation sites excluding steroid dienone is 2. The smallest absolute Gasteiger partial charge is 0.0262 e. The first-order chi connectivity index (χ1) is 9.61. The van der Waals surface area contributed by atoms with E-state index in [-0.39, 0.29) is 0 Å². The van der Waals surface area contributed by atoms with Crippen LogP contribution < -0.4 is 0 Å². The minimum Gasteiger partial charge on any atom is -0.269 e. The van der Waals surface area contributed by atoms with Crippen molar-refractivity contribution in [3.05, 3.63) is 24.0 Å². The van der Waals surface area contributed by atoms with Crippen LogP contribution in [0.5, 0.6) is 0 Å². The molecule has 0 radical (unpaired) electrons. The molecule has 0 aromatic carbocycles. The van der Waals surface area contributed by atoms with Gasteiger partial charge < -0.3 is 0 Å². The number of rotatable bonds is 2. The van der Waals surface area contributed by atoms with Crippen molar-refractivity contribution in [2.45, 2.75) is 68.2 Å². The van der Waals surface area contributed by atoms with Gasteiger partial charge in [0, 0.05) is 37.2 Å². The van der Waals surface area contributed by atoms with Crippen LogP contribution in [0.3, 0.4) is 0 Å². The minimum absolute atomic E-state index is 0.630. The number of hydrogen-bond acceptors (Lipinski definition) is 2. The second kappa shape index (κ2) is 14.2. The summed E-state index contributed by atoms with van der Waals surface area (Å²) in [5.74, 6) is 1.31. The maximum Gasteiger partial charge on any atom is 0.0262 e. The Morgan fingerprint density at radius 1 is 0.900 bits per heavy atom. The van der Waals surface area contributed by atoms with Gasteiger partial charge in [-0.15, -0.1) is 0 Å². The standard InChI is InChI=1S/2C7H11N.2C2H6/c1-6(2)7-3-4-8-5-7;1-6(2)7-4-3-5-8-7;2*1-2/h4-6H,3H2,1-2H3;3,5-6H,4H2,1-2H3;2*1-2H3. The summed E-state index contributed by atoms with van der Waals surface area (Å²) >= 11 is 0. The van der Waals surface area contributed by atoms with Gasteiger partial charge in [-0.05, 0) is 17.4 Å². The van der Waals surface area contributed by atoms with Crippen LogP contribution in [0.2, 0.25) is 0 Å². The number of aliphatic imine (C=N–C) groups is 2. The summed E-state index contributed by atoms with van der Waals surface area (Å²) in [6.45, 7) is 16.7. The zero-order valence-electron chi connectivity index (χ0n) is 14.8. The number of hydrogen-bond donors (Lipinski definition) is 0. The Hall–Kier alpha value is -1.18. The van der Waals surface area contributed by atoms with E-state index >= 15 is 0 Å². The van der Waals surface area contributed by atoms with E-state index in [1.807, 2.05) is 46.3 Å². The SMILES string of the molecule is CC.CC.CC(C)C1=CN=CC1.CC(C)C1=NC=CC1. The summed E-state index contributed by atoms with van der Waals surface area (Å²) < 4.78 is 0. The average Bonchev–Trinajstić information content (AvgIpc) is 3.17. The highest BCUT2D eigenvalue weighted by Crippen LogP contribution is 2.15. The normalized spacial score (nSPS) is 14.7. The van der Waals surface area contributed by atoms with Crippen molar-refractivity contribution in [1.82, 2.24) is 0 Å². The van der Waals surface area contributed by atoms with Crippen LogP contribution in [0.15, 0.2) is 34.0 Å². The minimum atomic E-state index is 0.630. The quantitative estimate of drug-likeness (QED) is 0.587. The van der Waals surface area contributed by atoms with Crippen molar-refractivity contribution >= 4 is 11.9 Å². The molecule has 2 nitrogen and oxygen atoms in total. The highest BCUT2D eigenvalue weighted by atomic mass is 14.7. The largest absolute Gasteiger partial charge is 0.269 e. The van der Waals surface area contributed by atoms with Gasteiger partial charge in [0.25, 0.3) is 0 Å². The van der Waals surface area contributed by atoms with Gasteiger partial charge in [-0.1, -0.05) is 61.5 Å². The Morgan fingerprint density at radius 3 is 1.70 bits per heavy atom. The fourth-order valence-electron chi connectivity index (χ4n) is 1.50. The molecular formula is C18H34N2. The van der Waals surface area contributed by atoms with Crippen LogP contribution in [0, 0.1) is 11.8 Å². The van der Waals surface area contributed by atoms with Crippen molar-refractivity contribution < 1.29 is 0 Å². The van der Waals surface area contributed by atoms with E-state index in [2.05, 4.69) is 43.8 Å². The third-order valence-electron chi connectivity index (χ3n) is 2.75. The zero-order valence-corrected chi connectivity index (χ0v) is 14.8. The van der Waals surface area contributed by atoms with Gasteiger partial charge in [0.1, 0.15) is 0 Å². The molecule has 2 aliphatic rings. The van der Waals surface area contributed by atoms with Gasteiger partial charge in [0.05, 0.1) is 0 Å². The Balaban J connectivity index is 0. The lowest BCUT2D eigenvalue weighted by atomic mass is 10.0. The number of nitrogens with zero attached hydrogens (tertiary/aromatic N) is 2. The summed E-state index contributed by atoms with van der Waals surface area (Å²) in [6, 6.07) is 0. The van der Waals surface area contributed by atoms with Crippen LogP contribution in [0.4, 0.5) is 0 Å². The highest BCUT2D eigenvalue weighted by molar-refractivity contribution is 5.89. The summed E-state index contributed by atoms with van der Waals surface area (Å²) in [7, 11) is 0.